The molecule has 0 aromatic carbocycles. The zero-order valence-electron chi connectivity index (χ0n) is 12.5. The van der Waals surface area contributed by atoms with Crippen LogP contribution in [-0.2, 0) is 6.54 Å². The summed E-state index contributed by atoms with van der Waals surface area (Å²) in [5.41, 5.74) is 1.03. The first-order valence-electron chi connectivity index (χ1n) is 7.42. The predicted octanol–water partition coefficient (Wildman–Crippen LogP) is 4.21. The summed E-state index contributed by atoms with van der Waals surface area (Å²) in [6.45, 7) is 7.65. The molecule has 3 unspecified atom stereocenters. The average molecular weight is 296 g/mol. The zero-order valence-corrected chi connectivity index (χ0v) is 13.3. The lowest BCUT2D eigenvalue weighted by molar-refractivity contribution is -0.380. The maximum absolute atomic E-state index is 10.7. The Kier molecular flexibility index (Phi) is 5.16. The third kappa shape index (κ3) is 3.79. The van der Waals surface area contributed by atoms with Crippen molar-refractivity contribution in [2.75, 3.05) is 0 Å². The summed E-state index contributed by atoms with van der Waals surface area (Å²) in [5, 5.41) is 16.5. The van der Waals surface area contributed by atoms with Crippen molar-refractivity contribution in [3.63, 3.8) is 0 Å². The Labute approximate surface area is 124 Å². The molecule has 1 heterocycles. The van der Waals surface area contributed by atoms with Crippen molar-refractivity contribution < 1.29 is 4.92 Å². The van der Waals surface area contributed by atoms with Gasteiger partial charge in [-0.1, -0.05) is 38.5 Å². The van der Waals surface area contributed by atoms with E-state index in [2.05, 4.69) is 26.1 Å². The van der Waals surface area contributed by atoms with E-state index in [1.807, 2.05) is 5.38 Å². The third-order valence-corrected chi connectivity index (χ3v) is 5.34. The maximum Gasteiger partial charge on any atom is 0.324 e. The van der Waals surface area contributed by atoms with Gasteiger partial charge in [0, 0.05) is 24.0 Å². The van der Waals surface area contributed by atoms with Crippen LogP contribution < -0.4 is 5.32 Å². The molecule has 2 rings (SSSR count). The molecule has 1 aliphatic carbocycles. The van der Waals surface area contributed by atoms with Crippen LogP contribution in [0.15, 0.2) is 11.4 Å². The molecule has 1 saturated carbocycles. The van der Waals surface area contributed by atoms with E-state index in [1.165, 1.54) is 30.6 Å². The SMILES string of the molecule is CC1CCC(C(C)C)C(NCc2csc([N+](=O)[O-])c2)C1. The van der Waals surface area contributed by atoms with Crippen molar-refractivity contribution >= 4 is 16.3 Å². The highest BCUT2D eigenvalue weighted by Crippen LogP contribution is 2.33. The summed E-state index contributed by atoms with van der Waals surface area (Å²) in [7, 11) is 0. The van der Waals surface area contributed by atoms with E-state index >= 15 is 0 Å². The molecular formula is C15H24N2O2S. The van der Waals surface area contributed by atoms with Gasteiger partial charge in [0.2, 0.25) is 0 Å². The Hall–Kier alpha value is -0.940. The number of nitro groups is 1. The molecule has 0 saturated heterocycles. The first kappa shape index (κ1) is 15.4. The Morgan fingerprint density at radius 3 is 2.85 bits per heavy atom. The molecule has 1 fully saturated rings. The van der Waals surface area contributed by atoms with Gasteiger partial charge in [-0.05, 0) is 36.2 Å². The Morgan fingerprint density at radius 1 is 1.50 bits per heavy atom. The number of nitrogens with zero attached hydrogens (tertiary/aromatic N) is 1. The van der Waals surface area contributed by atoms with Gasteiger partial charge in [0.05, 0.1) is 4.92 Å². The lowest BCUT2D eigenvalue weighted by Crippen LogP contribution is -2.42. The second-order valence-electron chi connectivity index (χ2n) is 6.36. The van der Waals surface area contributed by atoms with Crippen LogP contribution >= 0.6 is 11.3 Å². The van der Waals surface area contributed by atoms with Gasteiger partial charge < -0.3 is 5.32 Å². The van der Waals surface area contributed by atoms with Gasteiger partial charge in [0.25, 0.3) is 0 Å². The minimum absolute atomic E-state index is 0.235. The van der Waals surface area contributed by atoms with E-state index in [0.717, 1.165) is 23.9 Å². The normalized spacial score (nSPS) is 26.9. The number of rotatable bonds is 5. The smallest absolute Gasteiger partial charge is 0.310 e. The third-order valence-electron chi connectivity index (χ3n) is 4.41. The van der Waals surface area contributed by atoms with Crippen molar-refractivity contribution in [1.82, 2.24) is 5.32 Å². The van der Waals surface area contributed by atoms with E-state index in [9.17, 15) is 10.1 Å². The molecule has 0 radical (unpaired) electrons. The summed E-state index contributed by atoms with van der Waals surface area (Å²) in [6, 6.07) is 2.23. The second kappa shape index (κ2) is 6.68. The lowest BCUT2D eigenvalue weighted by Gasteiger charge is -2.38. The molecule has 1 aromatic heterocycles. The molecule has 0 aliphatic heterocycles. The van der Waals surface area contributed by atoms with Gasteiger partial charge >= 0.3 is 5.00 Å². The molecule has 1 N–H and O–H groups in total. The first-order valence-corrected chi connectivity index (χ1v) is 8.30. The lowest BCUT2D eigenvalue weighted by atomic mass is 9.74. The van der Waals surface area contributed by atoms with Crippen LogP contribution in [0.4, 0.5) is 5.00 Å². The van der Waals surface area contributed by atoms with Crippen LogP contribution in [0.5, 0.6) is 0 Å². The summed E-state index contributed by atoms with van der Waals surface area (Å²) in [5.74, 6) is 2.19. The van der Waals surface area contributed by atoms with Crippen LogP contribution in [0.3, 0.4) is 0 Å². The highest BCUT2D eigenvalue weighted by atomic mass is 32.1. The molecule has 1 aromatic rings. The second-order valence-corrected chi connectivity index (χ2v) is 7.25. The number of nitrogens with one attached hydrogen (secondary N) is 1. The molecule has 112 valence electrons. The molecule has 4 nitrogen and oxygen atoms in total. The zero-order chi connectivity index (χ0) is 14.7. The Morgan fingerprint density at radius 2 is 2.25 bits per heavy atom. The largest absolute Gasteiger partial charge is 0.324 e. The van der Waals surface area contributed by atoms with Gasteiger partial charge in [0.15, 0.2) is 0 Å². The van der Waals surface area contributed by atoms with Crippen molar-refractivity contribution in [3.8, 4) is 0 Å². The van der Waals surface area contributed by atoms with Crippen molar-refractivity contribution in [2.24, 2.45) is 17.8 Å². The molecule has 0 spiro atoms. The van der Waals surface area contributed by atoms with Crippen molar-refractivity contribution in [3.05, 3.63) is 27.1 Å². The summed E-state index contributed by atoms with van der Waals surface area (Å²) < 4.78 is 0. The Bertz CT molecular complexity index is 458. The molecule has 0 amide bonds. The van der Waals surface area contributed by atoms with Gasteiger partial charge in [-0.2, -0.15) is 0 Å². The van der Waals surface area contributed by atoms with E-state index < -0.39 is 0 Å². The number of hydrogen-bond donors (Lipinski definition) is 1. The first-order chi connectivity index (χ1) is 9.47. The van der Waals surface area contributed by atoms with E-state index in [-0.39, 0.29) is 9.92 Å². The molecular weight excluding hydrogens is 272 g/mol. The fourth-order valence-corrected chi connectivity index (χ4v) is 3.97. The van der Waals surface area contributed by atoms with Crippen LogP contribution in [0.2, 0.25) is 0 Å². The van der Waals surface area contributed by atoms with Crippen LogP contribution in [-0.4, -0.2) is 11.0 Å². The highest BCUT2D eigenvalue weighted by molar-refractivity contribution is 7.13. The molecule has 5 heteroatoms. The minimum Gasteiger partial charge on any atom is -0.310 e. The number of thiophene rings is 1. The molecule has 3 atom stereocenters. The van der Waals surface area contributed by atoms with Crippen LogP contribution in [0, 0.1) is 27.9 Å². The van der Waals surface area contributed by atoms with E-state index in [4.69, 9.17) is 0 Å². The van der Waals surface area contributed by atoms with Gasteiger partial charge in [0.1, 0.15) is 0 Å². The van der Waals surface area contributed by atoms with Crippen LogP contribution in [0.1, 0.15) is 45.6 Å². The van der Waals surface area contributed by atoms with E-state index in [0.29, 0.717) is 12.0 Å². The topological polar surface area (TPSA) is 55.2 Å². The fraction of sp³-hybridized carbons (Fsp3) is 0.733. The van der Waals surface area contributed by atoms with Gasteiger partial charge in [-0.15, -0.1) is 0 Å². The van der Waals surface area contributed by atoms with Crippen molar-refractivity contribution in [1.29, 1.82) is 0 Å². The fourth-order valence-electron chi connectivity index (χ4n) is 3.24. The predicted molar refractivity (Wildman–Crippen MR) is 82.9 cm³/mol. The van der Waals surface area contributed by atoms with Crippen molar-refractivity contribution in [2.45, 2.75) is 52.6 Å². The van der Waals surface area contributed by atoms with Crippen LogP contribution in [0.25, 0.3) is 0 Å². The highest BCUT2D eigenvalue weighted by Gasteiger charge is 2.30. The molecule has 1 aliphatic rings. The maximum atomic E-state index is 10.7. The Balaban J connectivity index is 1.94. The summed E-state index contributed by atoms with van der Waals surface area (Å²) in [6.07, 6.45) is 3.83. The minimum atomic E-state index is -0.312. The summed E-state index contributed by atoms with van der Waals surface area (Å²) >= 11 is 1.21. The van der Waals surface area contributed by atoms with Gasteiger partial charge in [-0.3, -0.25) is 10.1 Å². The standard InChI is InChI=1S/C15H24N2O2S/c1-10(2)13-5-4-11(3)6-14(13)16-8-12-7-15(17(18)19)20-9-12/h7,9-11,13-14,16H,4-6,8H2,1-3H3. The number of hydrogen-bond acceptors (Lipinski definition) is 4. The van der Waals surface area contributed by atoms with E-state index in [1.54, 1.807) is 6.07 Å². The molecule has 20 heavy (non-hydrogen) atoms. The summed E-state index contributed by atoms with van der Waals surface area (Å²) in [4.78, 5) is 10.4. The van der Waals surface area contributed by atoms with Gasteiger partial charge in [-0.25, -0.2) is 0 Å². The quantitative estimate of drug-likeness (QED) is 0.654. The average Bonchev–Trinajstić information content (AvgIpc) is 2.85. The molecule has 0 bridgehead atoms. The monoisotopic (exact) mass is 296 g/mol.